The van der Waals surface area contributed by atoms with Crippen molar-refractivity contribution < 1.29 is 9.53 Å². The molecule has 0 bridgehead atoms. The second-order valence-corrected chi connectivity index (χ2v) is 6.85. The number of carbonyl (C=O) groups excluding carboxylic acids is 1. The van der Waals surface area contributed by atoms with E-state index >= 15 is 0 Å². The van der Waals surface area contributed by atoms with E-state index in [1.54, 1.807) is 0 Å². The number of ether oxygens (including phenoxy) is 1. The number of nitrogens with two attached hydrogens (primary N) is 1. The zero-order valence-corrected chi connectivity index (χ0v) is 14.5. The van der Waals surface area contributed by atoms with E-state index in [4.69, 9.17) is 10.5 Å². The lowest BCUT2D eigenvalue weighted by molar-refractivity contribution is -0.125. The van der Waals surface area contributed by atoms with E-state index in [9.17, 15) is 4.79 Å². The fourth-order valence-corrected chi connectivity index (χ4v) is 3.02. The second kappa shape index (κ2) is 8.02. The van der Waals surface area contributed by atoms with Gasteiger partial charge in [0.25, 0.3) is 0 Å². The highest BCUT2D eigenvalue weighted by molar-refractivity contribution is 5.85. The van der Waals surface area contributed by atoms with E-state index < -0.39 is 0 Å². The Morgan fingerprint density at radius 2 is 2.09 bits per heavy atom. The Morgan fingerprint density at radius 1 is 1.30 bits per heavy atom. The van der Waals surface area contributed by atoms with Gasteiger partial charge in [-0.1, -0.05) is 12.1 Å². The Hall–Kier alpha value is -1.26. The predicted molar refractivity (Wildman–Crippen MR) is 93.8 cm³/mol. The van der Waals surface area contributed by atoms with Crippen molar-refractivity contribution >= 4 is 18.3 Å². The number of nitrogens with one attached hydrogen (secondary N) is 1. The molecule has 1 aromatic carbocycles. The molecule has 0 heterocycles. The first-order chi connectivity index (χ1) is 10.6. The number of rotatable bonds is 6. The highest BCUT2D eigenvalue weighted by Gasteiger charge is 2.27. The Bertz CT molecular complexity index is 546. The number of amides is 1. The van der Waals surface area contributed by atoms with Gasteiger partial charge in [0.15, 0.2) is 0 Å². The largest absolute Gasteiger partial charge is 0.493 e. The quantitative estimate of drug-likeness (QED) is 0.838. The van der Waals surface area contributed by atoms with E-state index in [-0.39, 0.29) is 30.3 Å². The van der Waals surface area contributed by atoms with E-state index in [0.717, 1.165) is 43.1 Å². The maximum Gasteiger partial charge on any atom is 0.223 e. The van der Waals surface area contributed by atoms with Gasteiger partial charge in [-0.3, -0.25) is 4.79 Å². The standard InChI is InChI=1S/C18H26N2O2.ClH/c1-12-2-5-15(17(8-12)22-11-13-3-4-13)10-20-18(21)14-6-7-16(19)9-14;/h2,5,8,13-14,16H,3-4,6-7,9-11,19H2,1H3,(H,20,21);1H. The maximum atomic E-state index is 12.2. The molecule has 2 aliphatic carbocycles. The summed E-state index contributed by atoms with van der Waals surface area (Å²) in [6, 6.07) is 6.37. The molecule has 128 valence electrons. The molecule has 3 rings (SSSR count). The van der Waals surface area contributed by atoms with Gasteiger partial charge in [-0.25, -0.2) is 0 Å². The van der Waals surface area contributed by atoms with E-state index in [2.05, 4.69) is 30.4 Å². The van der Waals surface area contributed by atoms with E-state index in [1.807, 2.05) is 0 Å². The van der Waals surface area contributed by atoms with Gasteiger partial charge in [0.1, 0.15) is 5.75 Å². The Balaban J connectivity index is 0.00000192. The molecule has 0 spiro atoms. The first-order valence-electron chi connectivity index (χ1n) is 8.37. The van der Waals surface area contributed by atoms with Gasteiger partial charge in [0.2, 0.25) is 5.91 Å². The molecule has 3 N–H and O–H groups in total. The molecule has 4 nitrogen and oxygen atoms in total. The summed E-state index contributed by atoms with van der Waals surface area (Å²) >= 11 is 0. The molecule has 2 unspecified atom stereocenters. The molecular weight excluding hydrogens is 312 g/mol. The second-order valence-electron chi connectivity index (χ2n) is 6.85. The lowest BCUT2D eigenvalue weighted by Crippen LogP contribution is -2.30. The highest BCUT2D eigenvalue weighted by Crippen LogP contribution is 2.31. The topological polar surface area (TPSA) is 64.4 Å². The highest BCUT2D eigenvalue weighted by atomic mass is 35.5. The zero-order valence-electron chi connectivity index (χ0n) is 13.7. The number of hydrogen-bond donors (Lipinski definition) is 2. The summed E-state index contributed by atoms with van der Waals surface area (Å²) in [7, 11) is 0. The van der Waals surface area contributed by atoms with Crippen LogP contribution in [-0.2, 0) is 11.3 Å². The summed E-state index contributed by atoms with van der Waals surface area (Å²) in [4.78, 5) is 12.2. The Kier molecular flexibility index (Phi) is 6.31. The first kappa shape index (κ1) is 18.1. The zero-order chi connectivity index (χ0) is 15.5. The third-order valence-corrected chi connectivity index (χ3v) is 4.69. The number of halogens is 1. The van der Waals surface area contributed by atoms with Crippen LogP contribution in [-0.4, -0.2) is 18.6 Å². The van der Waals surface area contributed by atoms with Crippen LogP contribution in [0, 0.1) is 18.8 Å². The van der Waals surface area contributed by atoms with Crippen molar-refractivity contribution in [1.82, 2.24) is 5.32 Å². The van der Waals surface area contributed by atoms with Crippen LogP contribution < -0.4 is 15.8 Å². The van der Waals surface area contributed by atoms with Crippen LogP contribution in [0.3, 0.4) is 0 Å². The van der Waals surface area contributed by atoms with Crippen molar-refractivity contribution in [3.63, 3.8) is 0 Å². The van der Waals surface area contributed by atoms with Crippen LogP contribution in [0.15, 0.2) is 18.2 Å². The summed E-state index contributed by atoms with van der Waals surface area (Å²) in [6.45, 7) is 3.39. The van der Waals surface area contributed by atoms with Gasteiger partial charge in [0.05, 0.1) is 6.61 Å². The molecule has 2 aliphatic rings. The van der Waals surface area contributed by atoms with Crippen molar-refractivity contribution in [2.75, 3.05) is 6.61 Å². The fraction of sp³-hybridized carbons (Fsp3) is 0.611. The normalized spacial score (nSPS) is 23.2. The van der Waals surface area contributed by atoms with Crippen LogP contribution >= 0.6 is 12.4 Å². The smallest absolute Gasteiger partial charge is 0.223 e. The van der Waals surface area contributed by atoms with Gasteiger partial charge >= 0.3 is 0 Å². The molecular formula is C18H27ClN2O2. The third-order valence-electron chi connectivity index (χ3n) is 4.69. The van der Waals surface area contributed by atoms with Crippen LogP contribution in [0.2, 0.25) is 0 Å². The summed E-state index contributed by atoms with van der Waals surface area (Å²) in [6.07, 6.45) is 5.23. The Labute approximate surface area is 144 Å². The van der Waals surface area contributed by atoms with Crippen molar-refractivity contribution in [2.24, 2.45) is 17.6 Å². The summed E-state index contributed by atoms with van der Waals surface area (Å²) in [5.74, 6) is 1.84. The average molecular weight is 339 g/mol. The summed E-state index contributed by atoms with van der Waals surface area (Å²) in [5.41, 5.74) is 8.13. The number of hydrogen-bond acceptors (Lipinski definition) is 3. The average Bonchev–Trinajstić information content (AvgIpc) is 3.23. The third kappa shape index (κ3) is 5.11. The predicted octanol–water partition coefficient (Wildman–Crippen LogP) is 2.95. The van der Waals surface area contributed by atoms with E-state index in [1.165, 1.54) is 18.4 Å². The molecule has 2 atom stereocenters. The molecule has 1 aromatic rings. The minimum Gasteiger partial charge on any atom is -0.493 e. The van der Waals surface area contributed by atoms with Gasteiger partial charge in [-0.2, -0.15) is 0 Å². The van der Waals surface area contributed by atoms with Crippen LogP contribution in [0.5, 0.6) is 5.75 Å². The van der Waals surface area contributed by atoms with Crippen molar-refractivity contribution in [3.05, 3.63) is 29.3 Å². The minimum absolute atomic E-state index is 0. The van der Waals surface area contributed by atoms with Crippen molar-refractivity contribution in [3.8, 4) is 5.75 Å². The molecule has 0 aromatic heterocycles. The SMILES string of the molecule is Cc1ccc(CNC(=O)C2CCC(N)C2)c(OCC2CC2)c1.Cl. The van der Waals surface area contributed by atoms with Crippen LogP contribution in [0.4, 0.5) is 0 Å². The molecule has 0 saturated heterocycles. The fourth-order valence-electron chi connectivity index (χ4n) is 3.02. The number of carbonyl (C=O) groups is 1. The van der Waals surface area contributed by atoms with Crippen LogP contribution in [0.25, 0.3) is 0 Å². The minimum atomic E-state index is 0. The van der Waals surface area contributed by atoms with Gasteiger partial charge in [-0.15, -0.1) is 12.4 Å². The Morgan fingerprint density at radius 3 is 2.74 bits per heavy atom. The molecule has 2 saturated carbocycles. The molecule has 1 amide bonds. The lowest BCUT2D eigenvalue weighted by Gasteiger charge is -2.15. The van der Waals surface area contributed by atoms with Gasteiger partial charge in [-0.05, 0) is 56.6 Å². The first-order valence-corrected chi connectivity index (χ1v) is 8.37. The maximum absolute atomic E-state index is 12.2. The van der Waals surface area contributed by atoms with Crippen molar-refractivity contribution in [1.29, 1.82) is 0 Å². The molecule has 23 heavy (non-hydrogen) atoms. The molecule has 5 heteroatoms. The summed E-state index contributed by atoms with van der Waals surface area (Å²) in [5, 5.41) is 3.05. The van der Waals surface area contributed by atoms with Crippen molar-refractivity contribution in [2.45, 2.75) is 51.6 Å². The summed E-state index contributed by atoms with van der Waals surface area (Å²) < 4.78 is 5.95. The molecule has 0 radical (unpaired) electrons. The van der Waals surface area contributed by atoms with Gasteiger partial charge in [0, 0.05) is 24.1 Å². The monoisotopic (exact) mass is 338 g/mol. The molecule has 0 aliphatic heterocycles. The number of benzene rings is 1. The van der Waals surface area contributed by atoms with E-state index in [0.29, 0.717) is 6.54 Å². The van der Waals surface area contributed by atoms with Gasteiger partial charge < -0.3 is 15.8 Å². The van der Waals surface area contributed by atoms with Crippen LogP contribution in [0.1, 0.15) is 43.2 Å². The molecule has 2 fully saturated rings. The number of aryl methyl sites for hydroxylation is 1. The lowest BCUT2D eigenvalue weighted by atomic mass is 10.1.